The molecule has 0 unspecified atom stereocenters. The predicted molar refractivity (Wildman–Crippen MR) is 185 cm³/mol. The molecule has 2 fully saturated rings. The highest BCUT2D eigenvalue weighted by Gasteiger charge is 2.67. The molecule has 1 saturated carbocycles. The van der Waals surface area contributed by atoms with E-state index in [2.05, 4.69) is 53.6 Å². The minimum Gasteiger partial charge on any atom is -0.508 e. The summed E-state index contributed by atoms with van der Waals surface area (Å²) in [4.78, 5) is 31.0. The smallest absolute Gasteiger partial charge is 0.308 e. The zero-order valence-corrected chi connectivity index (χ0v) is 28.6. The Labute approximate surface area is 281 Å². The largest absolute Gasteiger partial charge is 0.508 e. The lowest BCUT2D eigenvalue weighted by Gasteiger charge is -2.60. The molecule has 1 N–H and O–H groups in total. The summed E-state index contributed by atoms with van der Waals surface area (Å²) in [5, 5.41) is 11.3. The minimum atomic E-state index is -0.435. The van der Waals surface area contributed by atoms with Gasteiger partial charge in [-0.15, -0.1) is 6.58 Å². The fourth-order valence-corrected chi connectivity index (χ4v) is 9.52. The summed E-state index contributed by atoms with van der Waals surface area (Å²) >= 11 is 0. The molecular formula is C40H54N2O5. The molecule has 0 aromatic heterocycles. The number of esters is 1. The maximum absolute atomic E-state index is 14.2. The fraction of sp³-hybridized carbons (Fsp3) is 0.600. The van der Waals surface area contributed by atoms with Gasteiger partial charge in [-0.05, 0) is 69.4 Å². The van der Waals surface area contributed by atoms with E-state index in [-0.39, 0.29) is 35.3 Å². The van der Waals surface area contributed by atoms with Gasteiger partial charge in [-0.3, -0.25) is 14.5 Å². The SMILES string of the molecule is C=CCN1CC[C@]23c4c5c(O)cc(OC(C)=O)c4O[C@H]2[C@H](N(CCCCC)C(=O)CCCCCCCc2ccccc2)CC[C@H]3[C@H]1C5. The molecule has 2 aliphatic carbocycles. The molecule has 2 aliphatic heterocycles. The van der Waals surface area contributed by atoms with E-state index < -0.39 is 5.97 Å². The number of hydrogen-bond acceptors (Lipinski definition) is 6. The Morgan fingerprint density at radius 3 is 2.66 bits per heavy atom. The molecule has 6 rings (SSSR count). The summed E-state index contributed by atoms with van der Waals surface area (Å²) in [6.45, 7) is 10.1. The Hall–Kier alpha value is -3.32. The highest BCUT2D eigenvalue weighted by Crippen LogP contribution is 2.65. The van der Waals surface area contributed by atoms with Crippen LogP contribution in [0.1, 0.15) is 108 Å². The molecule has 7 heteroatoms. The van der Waals surface area contributed by atoms with Crippen molar-refractivity contribution in [2.45, 2.75) is 127 Å². The standard InChI is InChI=1S/C40H54N2O5/c1-4-6-15-24-42(36(45)19-14-9-7-8-11-16-29-17-12-10-13-18-29)32-21-20-31-33-26-30-34(44)27-35(46-28(3)43)38-37(30)40(31,39(32)47-38)22-25-41(33)23-5-2/h5,10,12-13,17-18,27,31-33,39,44H,2,4,6-9,11,14-16,19-26H2,1,3H3/t31-,32+,33+,39-,40-/m0/s1. The van der Waals surface area contributed by atoms with E-state index in [4.69, 9.17) is 9.47 Å². The molecule has 1 amide bonds. The average molecular weight is 643 g/mol. The molecular weight excluding hydrogens is 588 g/mol. The van der Waals surface area contributed by atoms with Crippen molar-refractivity contribution >= 4 is 11.9 Å². The van der Waals surface area contributed by atoms with Gasteiger partial charge >= 0.3 is 5.97 Å². The van der Waals surface area contributed by atoms with Crippen LogP contribution in [0.3, 0.4) is 0 Å². The van der Waals surface area contributed by atoms with Crippen molar-refractivity contribution in [1.82, 2.24) is 9.80 Å². The fourth-order valence-electron chi connectivity index (χ4n) is 9.52. The Balaban J connectivity index is 1.22. The van der Waals surface area contributed by atoms with Crippen LogP contribution in [0, 0.1) is 5.92 Å². The third kappa shape index (κ3) is 6.57. The van der Waals surface area contributed by atoms with Crippen molar-refractivity contribution in [1.29, 1.82) is 0 Å². The predicted octanol–water partition coefficient (Wildman–Crippen LogP) is 7.51. The number of phenolic OH excluding ortho intramolecular Hbond substituents is 1. The van der Waals surface area contributed by atoms with Crippen molar-refractivity contribution in [3.63, 3.8) is 0 Å². The third-order valence-electron chi connectivity index (χ3n) is 11.5. The Bertz CT molecular complexity index is 1430. The number of piperidine rings is 1. The zero-order valence-electron chi connectivity index (χ0n) is 28.6. The number of aromatic hydroxyl groups is 1. The van der Waals surface area contributed by atoms with E-state index in [0.717, 1.165) is 101 Å². The maximum atomic E-state index is 14.2. The number of benzene rings is 2. The van der Waals surface area contributed by atoms with Crippen LogP contribution in [0.5, 0.6) is 17.2 Å². The second kappa shape index (κ2) is 14.8. The first-order valence-electron chi connectivity index (χ1n) is 18.3. The number of unbranched alkanes of at least 4 members (excludes halogenated alkanes) is 6. The van der Waals surface area contributed by atoms with E-state index in [9.17, 15) is 14.7 Å². The van der Waals surface area contributed by atoms with Gasteiger partial charge in [0.2, 0.25) is 5.91 Å². The zero-order chi connectivity index (χ0) is 33.0. The summed E-state index contributed by atoms with van der Waals surface area (Å²) in [6, 6.07) is 12.5. The molecule has 1 saturated heterocycles. The van der Waals surface area contributed by atoms with E-state index in [0.29, 0.717) is 23.8 Å². The van der Waals surface area contributed by atoms with Crippen LogP contribution in [-0.4, -0.2) is 64.6 Å². The third-order valence-corrected chi connectivity index (χ3v) is 11.5. The summed E-state index contributed by atoms with van der Waals surface area (Å²) in [5.74, 6) is 1.23. The molecule has 2 aromatic carbocycles. The number of amides is 1. The molecule has 5 atom stereocenters. The Kier molecular flexibility index (Phi) is 10.6. The van der Waals surface area contributed by atoms with Crippen molar-refractivity contribution in [2.75, 3.05) is 19.6 Å². The van der Waals surface area contributed by atoms with Crippen LogP contribution in [0.2, 0.25) is 0 Å². The average Bonchev–Trinajstić information content (AvgIpc) is 3.40. The maximum Gasteiger partial charge on any atom is 0.308 e. The summed E-state index contributed by atoms with van der Waals surface area (Å²) in [6.07, 6.45) is 15.6. The lowest BCUT2D eigenvalue weighted by molar-refractivity contribution is -0.142. The van der Waals surface area contributed by atoms with Crippen LogP contribution >= 0.6 is 0 Å². The van der Waals surface area contributed by atoms with Gasteiger partial charge in [-0.2, -0.15) is 0 Å². The lowest BCUT2D eigenvalue weighted by Crippen LogP contribution is -2.69. The molecule has 2 bridgehead atoms. The van der Waals surface area contributed by atoms with Crippen molar-refractivity contribution in [3.05, 3.63) is 65.7 Å². The second-order valence-electron chi connectivity index (χ2n) is 14.4. The highest BCUT2D eigenvalue weighted by atomic mass is 16.6. The van der Waals surface area contributed by atoms with E-state index in [1.807, 2.05) is 6.08 Å². The van der Waals surface area contributed by atoms with E-state index >= 15 is 0 Å². The molecule has 4 aliphatic rings. The molecule has 0 radical (unpaired) electrons. The Morgan fingerprint density at radius 1 is 1.11 bits per heavy atom. The van der Waals surface area contributed by atoms with Gasteiger partial charge in [0.1, 0.15) is 11.9 Å². The number of ether oxygens (including phenoxy) is 2. The molecule has 2 heterocycles. The Morgan fingerprint density at radius 2 is 1.89 bits per heavy atom. The topological polar surface area (TPSA) is 79.3 Å². The summed E-state index contributed by atoms with van der Waals surface area (Å²) in [7, 11) is 0. The molecule has 2 aromatic rings. The first-order chi connectivity index (χ1) is 22.9. The van der Waals surface area contributed by atoms with Gasteiger partial charge in [0.25, 0.3) is 0 Å². The normalized spacial score (nSPS) is 25.5. The van der Waals surface area contributed by atoms with E-state index in [1.165, 1.54) is 25.3 Å². The van der Waals surface area contributed by atoms with Crippen LogP contribution in [-0.2, 0) is 27.8 Å². The first kappa shape index (κ1) is 33.6. The summed E-state index contributed by atoms with van der Waals surface area (Å²) < 4.78 is 12.7. The molecule has 1 spiro atoms. The highest BCUT2D eigenvalue weighted by molar-refractivity contribution is 5.77. The van der Waals surface area contributed by atoms with E-state index in [1.54, 1.807) is 6.07 Å². The molecule has 254 valence electrons. The lowest BCUT2D eigenvalue weighted by atomic mass is 9.50. The number of carbonyl (C=O) groups is 2. The molecule has 47 heavy (non-hydrogen) atoms. The van der Waals surface area contributed by atoms with Crippen molar-refractivity contribution < 1.29 is 24.2 Å². The number of phenols is 1. The number of hydrogen-bond donors (Lipinski definition) is 1. The number of rotatable bonds is 16. The first-order valence-corrected chi connectivity index (χ1v) is 18.3. The van der Waals surface area contributed by atoms with Crippen molar-refractivity contribution in [2.24, 2.45) is 5.92 Å². The van der Waals surface area contributed by atoms with Crippen LogP contribution in [0.15, 0.2) is 49.1 Å². The second-order valence-corrected chi connectivity index (χ2v) is 14.4. The number of carbonyl (C=O) groups excluding carboxylic acids is 2. The van der Waals surface area contributed by atoms with Gasteiger partial charge in [0.15, 0.2) is 11.5 Å². The molecule has 7 nitrogen and oxygen atoms in total. The van der Waals surface area contributed by atoms with Crippen LogP contribution < -0.4 is 9.47 Å². The van der Waals surface area contributed by atoms with Crippen LogP contribution in [0.4, 0.5) is 0 Å². The monoisotopic (exact) mass is 642 g/mol. The number of aryl methyl sites for hydroxylation is 1. The number of nitrogens with zero attached hydrogens (tertiary/aromatic N) is 2. The van der Waals surface area contributed by atoms with Gasteiger partial charge in [0.05, 0.1) is 6.04 Å². The van der Waals surface area contributed by atoms with Crippen molar-refractivity contribution in [3.8, 4) is 17.2 Å². The summed E-state index contributed by atoms with van der Waals surface area (Å²) in [5.41, 5.74) is 3.03. The quantitative estimate of drug-likeness (QED) is 0.0884. The van der Waals surface area contributed by atoms with Crippen LogP contribution in [0.25, 0.3) is 0 Å². The number of likely N-dealkylation sites (tertiary alicyclic amines) is 1. The van der Waals surface area contributed by atoms with Gasteiger partial charge < -0.3 is 19.5 Å². The van der Waals surface area contributed by atoms with Gasteiger partial charge in [-0.25, -0.2) is 0 Å². The van der Waals surface area contributed by atoms with Gasteiger partial charge in [-0.1, -0.05) is 75.4 Å². The van der Waals surface area contributed by atoms with Gasteiger partial charge in [0, 0.05) is 55.1 Å². The minimum absolute atomic E-state index is 0.0567.